The quantitative estimate of drug-likeness (QED) is 0.851. The number of nitrogens with one attached hydrogen (secondary N) is 1. The maximum Gasteiger partial charge on any atom is 0.0907 e. The fourth-order valence-electron chi connectivity index (χ4n) is 1.82. The molecular weight excluding hydrogens is 258 g/mol. The van der Waals surface area contributed by atoms with Crippen LogP contribution in [-0.2, 0) is 10.3 Å². The first-order valence-corrected chi connectivity index (χ1v) is 5.76. The number of aliphatic hydroxyl groups is 1. The third kappa shape index (κ3) is 2.23. The monoisotopic (exact) mass is 271 g/mol. The van der Waals surface area contributed by atoms with Crippen LogP contribution in [0, 0.1) is 0 Å². The van der Waals surface area contributed by atoms with Gasteiger partial charge in [0.15, 0.2) is 0 Å². The Morgan fingerprint density at radius 1 is 1.53 bits per heavy atom. The number of morpholine rings is 1. The van der Waals surface area contributed by atoms with Crippen molar-refractivity contribution < 1.29 is 9.84 Å². The van der Waals surface area contributed by atoms with Crippen LogP contribution in [0.4, 0.5) is 0 Å². The van der Waals surface area contributed by atoms with Crippen LogP contribution in [0.3, 0.4) is 0 Å². The molecule has 1 aromatic carbocycles. The van der Waals surface area contributed by atoms with Crippen LogP contribution in [0.1, 0.15) is 5.56 Å². The molecule has 1 aliphatic rings. The maximum absolute atomic E-state index is 9.53. The molecule has 0 amide bonds. The minimum Gasteiger partial charge on any atom is -0.394 e. The van der Waals surface area contributed by atoms with Gasteiger partial charge in [-0.15, -0.1) is 0 Å². The van der Waals surface area contributed by atoms with Crippen molar-refractivity contribution in [3.05, 3.63) is 34.3 Å². The summed E-state index contributed by atoms with van der Waals surface area (Å²) in [7, 11) is 0. The number of rotatable bonds is 2. The van der Waals surface area contributed by atoms with Crippen LogP contribution in [0.15, 0.2) is 28.7 Å². The zero-order chi connectivity index (χ0) is 10.7. The summed E-state index contributed by atoms with van der Waals surface area (Å²) >= 11 is 3.43. The Bertz CT molecular complexity index is 337. The summed E-state index contributed by atoms with van der Waals surface area (Å²) in [4.78, 5) is 0. The van der Waals surface area contributed by atoms with Crippen molar-refractivity contribution in [2.45, 2.75) is 5.54 Å². The molecular formula is C11H14BrNO2. The molecule has 1 aromatic rings. The molecule has 1 unspecified atom stereocenters. The van der Waals surface area contributed by atoms with Gasteiger partial charge in [-0.1, -0.05) is 28.1 Å². The van der Waals surface area contributed by atoms with E-state index in [1.54, 1.807) is 0 Å². The molecule has 3 nitrogen and oxygen atoms in total. The highest BCUT2D eigenvalue weighted by atomic mass is 79.9. The normalized spacial score (nSPS) is 26.5. The molecule has 0 aliphatic carbocycles. The average molecular weight is 272 g/mol. The zero-order valence-corrected chi connectivity index (χ0v) is 9.96. The average Bonchev–Trinajstić information content (AvgIpc) is 2.30. The van der Waals surface area contributed by atoms with Crippen LogP contribution in [-0.4, -0.2) is 31.5 Å². The summed E-state index contributed by atoms with van der Waals surface area (Å²) < 4.78 is 6.45. The molecule has 1 aliphatic heterocycles. The van der Waals surface area contributed by atoms with Gasteiger partial charge >= 0.3 is 0 Å². The molecule has 15 heavy (non-hydrogen) atoms. The molecule has 1 fully saturated rings. The van der Waals surface area contributed by atoms with Crippen LogP contribution >= 0.6 is 15.9 Å². The van der Waals surface area contributed by atoms with E-state index in [1.165, 1.54) is 0 Å². The van der Waals surface area contributed by atoms with E-state index in [0.29, 0.717) is 13.2 Å². The van der Waals surface area contributed by atoms with Crippen molar-refractivity contribution in [3.63, 3.8) is 0 Å². The molecule has 2 rings (SSSR count). The molecule has 0 radical (unpaired) electrons. The third-order valence-corrected chi connectivity index (χ3v) is 3.20. The van der Waals surface area contributed by atoms with Gasteiger partial charge in [0.25, 0.3) is 0 Å². The van der Waals surface area contributed by atoms with E-state index in [9.17, 15) is 5.11 Å². The summed E-state index contributed by atoms with van der Waals surface area (Å²) in [5.74, 6) is 0. The number of aliphatic hydroxyl groups excluding tert-OH is 1. The second-order valence-electron chi connectivity index (χ2n) is 3.73. The first-order valence-electron chi connectivity index (χ1n) is 4.96. The van der Waals surface area contributed by atoms with E-state index in [2.05, 4.69) is 21.2 Å². The molecule has 0 spiro atoms. The van der Waals surface area contributed by atoms with Crippen LogP contribution in [0.25, 0.3) is 0 Å². The molecule has 82 valence electrons. The lowest BCUT2D eigenvalue weighted by Crippen LogP contribution is -2.54. The standard InChI is InChI=1S/C11H14BrNO2/c12-10-3-1-2-9(6-10)11(7-14)8-15-5-4-13-11/h1-3,6,13-14H,4-5,7-8H2. The number of hydrogen-bond acceptors (Lipinski definition) is 3. The summed E-state index contributed by atoms with van der Waals surface area (Å²) in [5, 5.41) is 12.9. The van der Waals surface area contributed by atoms with Crippen molar-refractivity contribution in [1.82, 2.24) is 5.32 Å². The Labute approximate surface area is 97.6 Å². The van der Waals surface area contributed by atoms with Crippen molar-refractivity contribution in [2.75, 3.05) is 26.4 Å². The van der Waals surface area contributed by atoms with Gasteiger partial charge in [-0.2, -0.15) is 0 Å². The van der Waals surface area contributed by atoms with Gasteiger partial charge in [0, 0.05) is 11.0 Å². The van der Waals surface area contributed by atoms with Crippen molar-refractivity contribution in [2.24, 2.45) is 0 Å². The van der Waals surface area contributed by atoms with E-state index >= 15 is 0 Å². The molecule has 0 bridgehead atoms. The number of ether oxygens (including phenoxy) is 1. The lowest BCUT2D eigenvalue weighted by atomic mass is 9.91. The second-order valence-corrected chi connectivity index (χ2v) is 4.65. The Morgan fingerprint density at radius 2 is 2.40 bits per heavy atom. The van der Waals surface area contributed by atoms with E-state index in [1.807, 2.05) is 24.3 Å². The van der Waals surface area contributed by atoms with Gasteiger partial charge in [-0.05, 0) is 17.7 Å². The van der Waals surface area contributed by atoms with Gasteiger partial charge in [0.2, 0.25) is 0 Å². The van der Waals surface area contributed by atoms with Crippen molar-refractivity contribution in [3.8, 4) is 0 Å². The highest BCUT2D eigenvalue weighted by molar-refractivity contribution is 9.10. The fourth-order valence-corrected chi connectivity index (χ4v) is 2.22. The lowest BCUT2D eigenvalue weighted by Gasteiger charge is -2.37. The Balaban J connectivity index is 2.32. The maximum atomic E-state index is 9.53. The summed E-state index contributed by atoms with van der Waals surface area (Å²) in [6.45, 7) is 2.03. The van der Waals surface area contributed by atoms with E-state index in [-0.39, 0.29) is 6.61 Å². The summed E-state index contributed by atoms with van der Waals surface area (Å²) in [5.41, 5.74) is 0.612. The van der Waals surface area contributed by atoms with Crippen molar-refractivity contribution >= 4 is 15.9 Å². The summed E-state index contributed by atoms with van der Waals surface area (Å²) in [6, 6.07) is 7.95. The molecule has 0 saturated carbocycles. The van der Waals surface area contributed by atoms with E-state index in [4.69, 9.17) is 4.74 Å². The largest absolute Gasteiger partial charge is 0.394 e. The topological polar surface area (TPSA) is 41.5 Å². The molecule has 2 N–H and O–H groups in total. The zero-order valence-electron chi connectivity index (χ0n) is 8.37. The van der Waals surface area contributed by atoms with Crippen LogP contribution < -0.4 is 5.32 Å². The minimum absolute atomic E-state index is 0.0451. The smallest absolute Gasteiger partial charge is 0.0907 e. The molecule has 0 aromatic heterocycles. The molecule has 1 heterocycles. The van der Waals surface area contributed by atoms with Gasteiger partial charge in [0.1, 0.15) is 0 Å². The first-order chi connectivity index (χ1) is 7.27. The number of halogens is 1. The highest BCUT2D eigenvalue weighted by Crippen LogP contribution is 2.25. The van der Waals surface area contributed by atoms with Gasteiger partial charge in [-0.25, -0.2) is 0 Å². The molecule has 1 saturated heterocycles. The third-order valence-electron chi connectivity index (χ3n) is 2.71. The van der Waals surface area contributed by atoms with Gasteiger partial charge in [0.05, 0.1) is 25.4 Å². The van der Waals surface area contributed by atoms with E-state index in [0.717, 1.165) is 16.6 Å². The van der Waals surface area contributed by atoms with Gasteiger partial charge < -0.3 is 15.2 Å². The van der Waals surface area contributed by atoms with Gasteiger partial charge in [-0.3, -0.25) is 0 Å². The van der Waals surface area contributed by atoms with Crippen LogP contribution in [0.5, 0.6) is 0 Å². The lowest BCUT2D eigenvalue weighted by molar-refractivity contribution is -0.00335. The van der Waals surface area contributed by atoms with Crippen LogP contribution in [0.2, 0.25) is 0 Å². The highest BCUT2D eigenvalue weighted by Gasteiger charge is 2.33. The second kappa shape index (κ2) is 4.61. The Kier molecular flexibility index (Phi) is 3.41. The first kappa shape index (κ1) is 11.1. The van der Waals surface area contributed by atoms with Crippen molar-refractivity contribution in [1.29, 1.82) is 0 Å². The fraction of sp³-hybridized carbons (Fsp3) is 0.455. The predicted molar refractivity (Wildman–Crippen MR) is 61.7 cm³/mol. The Hall–Kier alpha value is -0.420. The minimum atomic E-state index is -0.442. The SMILES string of the molecule is OCC1(c2cccc(Br)c2)COCCN1. The molecule has 4 heteroatoms. The van der Waals surface area contributed by atoms with E-state index < -0.39 is 5.54 Å². The number of benzene rings is 1. The predicted octanol–water partition coefficient (Wildman–Crippen LogP) is 1.26. The Morgan fingerprint density at radius 3 is 3.00 bits per heavy atom. The molecule has 1 atom stereocenters. The summed E-state index contributed by atoms with van der Waals surface area (Å²) in [6.07, 6.45) is 0. The number of hydrogen-bond donors (Lipinski definition) is 2.